The lowest BCUT2D eigenvalue weighted by atomic mass is 10.3. The van der Waals surface area contributed by atoms with E-state index >= 15 is 0 Å². The Bertz CT molecular complexity index is 598. The standard InChI is InChI=1S/C17H22N2O4/c1-19(12-14-6-5-10-22-14)13-17(20)18-9-11-23-16-8-4-3-7-15(16)21-2/h3-8,10H,9,11-13H2,1-2H3,(H,18,20)/p+1. The number of furan rings is 1. The van der Waals surface area contributed by atoms with Gasteiger partial charge in [0.15, 0.2) is 23.8 Å². The lowest BCUT2D eigenvalue weighted by Crippen LogP contribution is -3.08. The average Bonchev–Trinajstić information content (AvgIpc) is 3.04. The molecule has 1 aromatic heterocycles. The molecule has 6 heteroatoms. The summed E-state index contributed by atoms with van der Waals surface area (Å²) in [5.74, 6) is 2.21. The van der Waals surface area contributed by atoms with E-state index in [4.69, 9.17) is 13.9 Å². The van der Waals surface area contributed by atoms with Gasteiger partial charge < -0.3 is 24.1 Å². The first kappa shape index (κ1) is 16.9. The minimum absolute atomic E-state index is 0.0160. The number of ether oxygens (including phenoxy) is 2. The van der Waals surface area contributed by atoms with Crippen LogP contribution >= 0.6 is 0 Å². The predicted molar refractivity (Wildman–Crippen MR) is 85.7 cm³/mol. The van der Waals surface area contributed by atoms with Gasteiger partial charge in [-0.3, -0.25) is 4.79 Å². The van der Waals surface area contributed by atoms with E-state index in [9.17, 15) is 4.79 Å². The van der Waals surface area contributed by atoms with Gasteiger partial charge in [-0.2, -0.15) is 0 Å². The van der Waals surface area contributed by atoms with Crippen LogP contribution in [0.15, 0.2) is 47.1 Å². The van der Waals surface area contributed by atoms with Crippen molar-refractivity contribution < 1.29 is 23.6 Å². The van der Waals surface area contributed by atoms with E-state index in [1.165, 1.54) is 0 Å². The maximum Gasteiger partial charge on any atom is 0.275 e. The van der Waals surface area contributed by atoms with Gasteiger partial charge in [-0.15, -0.1) is 0 Å². The molecular weight excluding hydrogens is 296 g/mol. The molecule has 2 aromatic rings. The zero-order valence-electron chi connectivity index (χ0n) is 13.5. The second-order valence-electron chi connectivity index (χ2n) is 5.24. The average molecular weight is 319 g/mol. The number of carbonyl (C=O) groups is 1. The van der Waals surface area contributed by atoms with Crippen LogP contribution in [0.2, 0.25) is 0 Å². The molecule has 0 bridgehead atoms. The summed E-state index contributed by atoms with van der Waals surface area (Å²) in [6.45, 7) is 1.90. The van der Waals surface area contributed by atoms with Gasteiger partial charge >= 0.3 is 0 Å². The summed E-state index contributed by atoms with van der Waals surface area (Å²) in [4.78, 5) is 12.9. The third-order valence-electron chi connectivity index (χ3n) is 3.27. The van der Waals surface area contributed by atoms with E-state index in [0.29, 0.717) is 37.7 Å². The first-order valence-electron chi connectivity index (χ1n) is 7.55. The first-order valence-corrected chi connectivity index (χ1v) is 7.55. The molecule has 1 unspecified atom stereocenters. The Morgan fingerprint density at radius 3 is 2.70 bits per heavy atom. The number of carbonyl (C=O) groups excluding carboxylic acids is 1. The van der Waals surface area contributed by atoms with Crippen molar-refractivity contribution in [3.8, 4) is 11.5 Å². The van der Waals surface area contributed by atoms with Gasteiger partial charge in [0, 0.05) is 0 Å². The van der Waals surface area contributed by atoms with Crippen molar-refractivity contribution in [2.45, 2.75) is 6.54 Å². The molecule has 2 rings (SSSR count). The van der Waals surface area contributed by atoms with Crippen LogP contribution in [-0.4, -0.2) is 39.8 Å². The summed E-state index contributed by atoms with van der Waals surface area (Å²) < 4.78 is 16.1. The second kappa shape index (κ2) is 8.85. The summed E-state index contributed by atoms with van der Waals surface area (Å²) in [7, 11) is 3.55. The molecule has 0 aliphatic rings. The summed E-state index contributed by atoms with van der Waals surface area (Å²) in [6, 6.07) is 11.2. The third kappa shape index (κ3) is 5.67. The number of hydrogen-bond donors (Lipinski definition) is 2. The van der Waals surface area contributed by atoms with E-state index < -0.39 is 0 Å². The molecule has 6 nitrogen and oxygen atoms in total. The van der Waals surface area contributed by atoms with Crippen LogP contribution < -0.4 is 19.7 Å². The van der Waals surface area contributed by atoms with Gasteiger partial charge in [0.2, 0.25) is 0 Å². The fraction of sp³-hybridized carbons (Fsp3) is 0.353. The summed E-state index contributed by atoms with van der Waals surface area (Å²) in [5.41, 5.74) is 0. The normalized spacial score (nSPS) is 11.7. The molecule has 23 heavy (non-hydrogen) atoms. The lowest BCUT2D eigenvalue weighted by Gasteiger charge is -2.13. The number of nitrogens with one attached hydrogen (secondary N) is 2. The highest BCUT2D eigenvalue weighted by atomic mass is 16.5. The highest BCUT2D eigenvalue weighted by molar-refractivity contribution is 5.76. The number of amides is 1. The molecule has 1 atom stereocenters. The first-order chi connectivity index (χ1) is 11.2. The number of quaternary nitrogens is 1. The molecule has 0 radical (unpaired) electrons. The van der Waals surface area contributed by atoms with Gasteiger partial charge in [0.1, 0.15) is 13.2 Å². The highest BCUT2D eigenvalue weighted by Gasteiger charge is 2.11. The molecule has 0 aliphatic heterocycles. The van der Waals surface area contributed by atoms with E-state index in [-0.39, 0.29) is 5.91 Å². The van der Waals surface area contributed by atoms with Crippen molar-refractivity contribution in [1.29, 1.82) is 0 Å². The molecule has 0 fully saturated rings. The van der Waals surface area contributed by atoms with Crippen molar-refractivity contribution in [2.24, 2.45) is 0 Å². The Hall–Kier alpha value is -2.47. The summed E-state index contributed by atoms with van der Waals surface area (Å²) >= 11 is 0. The quantitative estimate of drug-likeness (QED) is 0.661. The molecule has 0 saturated carbocycles. The maximum atomic E-state index is 11.9. The minimum Gasteiger partial charge on any atom is -0.493 e. The minimum atomic E-state index is -0.0160. The molecule has 0 spiro atoms. The van der Waals surface area contributed by atoms with Crippen LogP contribution in [0.4, 0.5) is 0 Å². The van der Waals surface area contributed by atoms with Crippen molar-refractivity contribution in [2.75, 3.05) is 33.9 Å². The fourth-order valence-corrected chi connectivity index (χ4v) is 2.20. The van der Waals surface area contributed by atoms with Crippen LogP contribution in [0, 0.1) is 0 Å². The van der Waals surface area contributed by atoms with Gasteiger partial charge in [-0.1, -0.05) is 12.1 Å². The molecule has 1 heterocycles. The van der Waals surface area contributed by atoms with Crippen LogP contribution in [0.1, 0.15) is 5.76 Å². The smallest absolute Gasteiger partial charge is 0.275 e. The topological polar surface area (TPSA) is 65.1 Å². The zero-order chi connectivity index (χ0) is 16.5. The Morgan fingerprint density at radius 1 is 1.22 bits per heavy atom. The molecule has 0 saturated heterocycles. The number of methoxy groups -OCH3 is 1. The van der Waals surface area contributed by atoms with E-state index in [2.05, 4.69) is 5.32 Å². The van der Waals surface area contributed by atoms with Crippen LogP contribution in [0.3, 0.4) is 0 Å². The number of para-hydroxylation sites is 2. The predicted octanol–water partition coefficient (Wildman–Crippen LogP) is 0.498. The largest absolute Gasteiger partial charge is 0.493 e. The zero-order valence-corrected chi connectivity index (χ0v) is 13.5. The number of rotatable bonds is 9. The Balaban J connectivity index is 1.64. The Labute approximate surface area is 136 Å². The van der Waals surface area contributed by atoms with Crippen molar-refractivity contribution in [3.05, 3.63) is 48.4 Å². The fourth-order valence-electron chi connectivity index (χ4n) is 2.20. The monoisotopic (exact) mass is 319 g/mol. The second-order valence-corrected chi connectivity index (χ2v) is 5.24. The van der Waals surface area contributed by atoms with Gasteiger partial charge in [-0.05, 0) is 24.3 Å². The Morgan fingerprint density at radius 2 is 2.00 bits per heavy atom. The number of likely N-dealkylation sites (N-methyl/N-ethyl adjacent to an activating group) is 1. The lowest BCUT2D eigenvalue weighted by molar-refractivity contribution is -0.886. The van der Waals surface area contributed by atoms with E-state index in [1.807, 2.05) is 43.4 Å². The van der Waals surface area contributed by atoms with Crippen molar-refractivity contribution >= 4 is 5.91 Å². The van der Waals surface area contributed by atoms with E-state index in [0.717, 1.165) is 10.7 Å². The molecule has 0 aliphatic carbocycles. The van der Waals surface area contributed by atoms with Gasteiger partial charge in [0.25, 0.3) is 5.91 Å². The SMILES string of the molecule is COc1ccccc1OCCNC(=O)C[NH+](C)Cc1ccco1. The molecule has 1 amide bonds. The van der Waals surface area contributed by atoms with Gasteiger partial charge in [0.05, 0.1) is 27.0 Å². The molecule has 1 aromatic carbocycles. The summed E-state index contributed by atoms with van der Waals surface area (Å²) in [6.07, 6.45) is 1.64. The van der Waals surface area contributed by atoms with Crippen LogP contribution in [0.5, 0.6) is 11.5 Å². The molecule has 2 N–H and O–H groups in total. The van der Waals surface area contributed by atoms with Crippen LogP contribution in [-0.2, 0) is 11.3 Å². The highest BCUT2D eigenvalue weighted by Crippen LogP contribution is 2.25. The third-order valence-corrected chi connectivity index (χ3v) is 3.27. The Kier molecular flexibility index (Phi) is 6.50. The number of benzene rings is 1. The summed E-state index contributed by atoms with van der Waals surface area (Å²) in [5, 5.41) is 2.84. The molecular formula is C17H23N2O4+. The molecule has 124 valence electrons. The maximum absolute atomic E-state index is 11.9. The van der Waals surface area contributed by atoms with Gasteiger partial charge in [-0.25, -0.2) is 0 Å². The van der Waals surface area contributed by atoms with Crippen LogP contribution in [0.25, 0.3) is 0 Å². The number of hydrogen-bond acceptors (Lipinski definition) is 4. The van der Waals surface area contributed by atoms with Crippen molar-refractivity contribution in [1.82, 2.24) is 5.32 Å². The van der Waals surface area contributed by atoms with Crippen molar-refractivity contribution in [3.63, 3.8) is 0 Å². The van der Waals surface area contributed by atoms with E-state index in [1.54, 1.807) is 13.4 Å².